The standard InChI is InChI=1S/C21H31NO2/c1-20-10-8-15(24)12-14(20)4-5-16-17-6-7-19(22(3)13-23)21(17,2)11-9-18(16)20/h12-13,16-19H,4-11H2,1-3H3/t16-,17-,18-,19-,20-,21-/m0/s1. The fourth-order valence-corrected chi connectivity index (χ4v) is 7.27. The number of fused-ring (bicyclic) bond motifs is 5. The van der Waals surface area contributed by atoms with Gasteiger partial charge in [-0.15, -0.1) is 0 Å². The van der Waals surface area contributed by atoms with Gasteiger partial charge in [-0.25, -0.2) is 0 Å². The molecule has 6 atom stereocenters. The molecule has 132 valence electrons. The fraction of sp³-hybridized carbons (Fsp3) is 0.810. The molecular weight excluding hydrogens is 298 g/mol. The lowest BCUT2D eigenvalue weighted by molar-refractivity contribution is -0.123. The van der Waals surface area contributed by atoms with Crippen molar-refractivity contribution in [2.75, 3.05) is 7.05 Å². The van der Waals surface area contributed by atoms with Crippen LogP contribution in [0.2, 0.25) is 0 Å². The zero-order chi connectivity index (χ0) is 17.1. The highest BCUT2D eigenvalue weighted by molar-refractivity contribution is 5.91. The molecule has 0 aromatic heterocycles. The third-order valence-corrected chi connectivity index (χ3v) is 8.57. The molecule has 1 amide bonds. The molecule has 3 fully saturated rings. The second-order valence-electron chi connectivity index (χ2n) is 9.38. The largest absolute Gasteiger partial charge is 0.345 e. The van der Waals surface area contributed by atoms with Crippen LogP contribution in [0.5, 0.6) is 0 Å². The minimum Gasteiger partial charge on any atom is -0.345 e. The summed E-state index contributed by atoms with van der Waals surface area (Å²) in [6.45, 7) is 4.89. The molecule has 3 heteroatoms. The number of hydrogen-bond acceptors (Lipinski definition) is 2. The van der Waals surface area contributed by atoms with Crippen molar-refractivity contribution in [3.8, 4) is 0 Å². The molecule has 0 N–H and O–H groups in total. The van der Waals surface area contributed by atoms with E-state index in [0.717, 1.165) is 49.8 Å². The minimum atomic E-state index is 0.257. The van der Waals surface area contributed by atoms with E-state index in [1.807, 2.05) is 18.0 Å². The topological polar surface area (TPSA) is 37.4 Å². The quantitative estimate of drug-likeness (QED) is 0.719. The molecule has 0 aromatic carbocycles. The number of carbonyl (C=O) groups excluding carboxylic acids is 2. The smallest absolute Gasteiger partial charge is 0.209 e. The summed E-state index contributed by atoms with van der Waals surface area (Å²) in [5, 5.41) is 0. The summed E-state index contributed by atoms with van der Waals surface area (Å²) >= 11 is 0. The van der Waals surface area contributed by atoms with Crippen LogP contribution in [0.4, 0.5) is 0 Å². The van der Waals surface area contributed by atoms with Gasteiger partial charge in [-0.2, -0.15) is 0 Å². The van der Waals surface area contributed by atoms with Crippen LogP contribution in [0.15, 0.2) is 11.6 Å². The van der Waals surface area contributed by atoms with Gasteiger partial charge in [0.1, 0.15) is 0 Å². The maximum Gasteiger partial charge on any atom is 0.209 e. The van der Waals surface area contributed by atoms with Gasteiger partial charge in [0.25, 0.3) is 0 Å². The number of allylic oxidation sites excluding steroid dienone is 1. The van der Waals surface area contributed by atoms with E-state index >= 15 is 0 Å². The van der Waals surface area contributed by atoms with E-state index in [-0.39, 0.29) is 5.41 Å². The Morgan fingerprint density at radius 2 is 1.88 bits per heavy atom. The molecule has 0 bridgehead atoms. The Morgan fingerprint density at radius 3 is 2.62 bits per heavy atom. The number of nitrogens with zero attached hydrogens (tertiary/aromatic N) is 1. The van der Waals surface area contributed by atoms with Gasteiger partial charge in [-0.1, -0.05) is 19.4 Å². The lowest BCUT2D eigenvalue weighted by Gasteiger charge is -2.58. The summed E-state index contributed by atoms with van der Waals surface area (Å²) in [6.07, 6.45) is 12.1. The Labute approximate surface area is 145 Å². The molecule has 3 saturated carbocycles. The predicted molar refractivity (Wildman–Crippen MR) is 94.3 cm³/mol. The molecule has 0 aromatic rings. The van der Waals surface area contributed by atoms with Crippen molar-refractivity contribution in [3.05, 3.63) is 11.6 Å². The fourth-order valence-electron chi connectivity index (χ4n) is 7.27. The van der Waals surface area contributed by atoms with Gasteiger partial charge >= 0.3 is 0 Å². The number of carbonyl (C=O) groups is 2. The Morgan fingerprint density at radius 1 is 1.08 bits per heavy atom. The van der Waals surface area contributed by atoms with E-state index < -0.39 is 0 Å². The van der Waals surface area contributed by atoms with Gasteiger partial charge in [0.15, 0.2) is 5.78 Å². The lowest BCUT2D eigenvalue weighted by Crippen LogP contribution is -2.53. The van der Waals surface area contributed by atoms with Gasteiger partial charge < -0.3 is 4.90 Å². The first-order valence-corrected chi connectivity index (χ1v) is 9.81. The van der Waals surface area contributed by atoms with E-state index in [4.69, 9.17) is 0 Å². The molecule has 4 aliphatic carbocycles. The molecule has 3 nitrogen and oxygen atoms in total. The van der Waals surface area contributed by atoms with Gasteiger partial charge in [0, 0.05) is 19.5 Å². The van der Waals surface area contributed by atoms with Gasteiger partial charge in [0.05, 0.1) is 0 Å². The van der Waals surface area contributed by atoms with Crippen LogP contribution in [0, 0.1) is 28.6 Å². The van der Waals surface area contributed by atoms with Crippen molar-refractivity contribution in [3.63, 3.8) is 0 Å². The van der Waals surface area contributed by atoms with E-state index in [2.05, 4.69) is 13.8 Å². The van der Waals surface area contributed by atoms with E-state index in [1.54, 1.807) is 0 Å². The zero-order valence-electron chi connectivity index (χ0n) is 15.4. The molecule has 0 saturated heterocycles. The molecule has 4 aliphatic rings. The number of rotatable bonds is 2. The summed E-state index contributed by atoms with van der Waals surface area (Å²) in [7, 11) is 1.97. The van der Waals surface area contributed by atoms with Crippen LogP contribution < -0.4 is 0 Å². The average molecular weight is 329 g/mol. The summed E-state index contributed by atoms with van der Waals surface area (Å²) in [4.78, 5) is 25.2. The zero-order valence-corrected chi connectivity index (χ0v) is 15.4. The Kier molecular flexibility index (Phi) is 3.71. The lowest BCUT2D eigenvalue weighted by atomic mass is 9.47. The highest BCUT2D eigenvalue weighted by atomic mass is 16.1. The normalized spacial score (nSPS) is 47.3. The van der Waals surface area contributed by atoms with Gasteiger partial charge in [-0.05, 0) is 79.6 Å². The molecule has 4 rings (SSSR count). The summed E-state index contributed by atoms with van der Waals surface area (Å²) < 4.78 is 0. The van der Waals surface area contributed by atoms with Crippen LogP contribution in [0.25, 0.3) is 0 Å². The van der Waals surface area contributed by atoms with Crippen molar-refractivity contribution in [2.24, 2.45) is 28.6 Å². The molecule has 0 heterocycles. The Bertz CT molecular complexity index is 597. The molecule has 24 heavy (non-hydrogen) atoms. The molecule has 0 radical (unpaired) electrons. The highest BCUT2D eigenvalue weighted by Gasteiger charge is 2.59. The maximum absolute atomic E-state index is 11.9. The van der Waals surface area contributed by atoms with Crippen LogP contribution in [0.1, 0.15) is 65.2 Å². The second kappa shape index (κ2) is 5.44. The number of hydrogen-bond donors (Lipinski definition) is 0. The average Bonchev–Trinajstić information content (AvgIpc) is 2.92. The minimum absolute atomic E-state index is 0.257. The van der Waals surface area contributed by atoms with Crippen LogP contribution in [-0.4, -0.2) is 30.2 Å². The van der Waals surface area contributed by atoms with Crippen molar-refractivity contribution in [2.45, 2.75) is 71.3 Å². The van der Waals surface area contributed by atoms with Crippen molar-refractivity contribution < 1.29 is 9.59 Å². The predicted octanol–water partition coefficient (Wildman–Crippen LogP) is 3.98. The maximum atomic E-state index is 11.9. The van der Waals surface area contributed by atoms with Gasteiger partial charge in [0.2, 0.25) is 6.41 Å². The second-order valence-corrected chi connectivity index (χ2v) is 9.38. The third kappa shape index (κ3) is 2.09. The summed E-state index contributed by atoms with van der Waals surface area (Å²) in [6, 6.07) is 0.415. The third-order valence-electron chi connectivity index (χ3n) is 8.57. The molecule has 0 unspecified atom stereocenters. The van der Waals surface area contributed by atoms with Gasteiger partial charge in [-0.3, -0.25) is 9.59 Å². The van der Waals surface area contributed by atoms with E-state index in [0.29, 0.717) is 17.2 Å². The Balaban J connectivity index is 1.65. The van der Waals surface area contributed by atoms with Crippen LogP contribution in [-0.2, 0) is 9.59 Å². The van der Waals surface area contributed by atoms with Crippen molar-refractivity contribution >= 4 is 12.2 Å². The summed E-state index contributed by atoms with van der Waals surface area (Å²) in [5.41, 5.74) is 1.99. The highest BCUT2D eigenvalue weighted by Crippen LogP contribution is 2.65. The van der Waals surface area contributed by atoms with E-state index in [1.165, 1.54) is 31.3 Å². The number of amides is 1. The van der Waals surface area contributed by atoms with Crippen molar-refractivity contribution in [1.29, 1.82) is 0 Å². The van der Waals surface area contributed by atoms with Crippen LogP contribution >= 0.6 is 0 Å². The summed E-state index contributed by atoms with van der Waals surface area (Å²) in [5.74, 6) is 2.61. The van der Waals surface area contributed by atoms with Crippen LogP contribution in [0.3, 0.4) is 0 Å². The molecule has 0 aliphatic heterocycles. The molecule has 0 spiro atoms. The molecular formula is C21H31NO2. The number of ketones is 1. The van der Waals surface area contributed by atoms with E-state index in [9.17, 15) is 9.59 Å². The van der Waals surface area contributed by atoms with Crippen molar-refractivity contribution in [1.82, 2.24) is 4.90 Å². The Hall–Kier alpha value is -1.12. The SMILES string of the molecule is CN(C=O)[C@H]1CC[C@H]2[C@@H]3CCC4=CC(=O)CC[C@]4(C)[C@H]3CC[C@]12C. The first kappa shape index (κ1) is 16.4. The first-order valence-electron chi connectivity index (χ1n) is 9.81. The first-order chi connectivity index (χ1) is 11.4. The monoisotopic (exact) mass is 329 g/mol.